The molecule has 0 radical (unpaired) electrons. The molecule has 0 spiro atoms. The highest BCUT2D eigenvalue weighted by Crippen LogP contribution is 2.24. The molecule has 0 unspecified atom stereocenters. The van der Waals surface area contributed by atoms with Crippen LogP contribution in [0.25, 0.3) is 15.5 Å². The number of fused-ring (bicyclic) bond motifs is 1. The standard InChI is InChI=1S/C16H16FN5OS/c17-12-3-1-2-11(8-12)15-20-22-14(23)9-13(19-16(22)24-15)10-21-6-4-18-5-7-21/h1-3,8-9,18H,4-7,10H2. The summed E-state index contributed by atoms with van der Waals surface area (Å²) < 4.78 is 14.7. The van der Waals surface area contributed by atoms with Gasteiger partial charge in [-0.3, -0.25) is 9.69 Å². The van der Waals surface area contributed by atoms with Gasteiger partial charge in [0.15, 0.2) is 0 Å². The first-order valence-corrected chi connectivity index (χ1v) is 8.59. The molecule has 0 amide bonds. The van der Waals surface area contributed by atoms with Gasteiger partial charge in [0.2, 0.25) is 4.96 Å². The monoisotopic (exact) mass is 345 g/mol. The molecular formula is C16H16FN5OS. The lowest BCUT2D eigenvalue weighted by atomic mass is 10.2. The van der Waals surface area contributed by atoms with E-state index in [1.807, 2.05) is 0 Å². The number of aromatic nitrogens is 3. The van der Waals surface area contributed by atoms with E-state index >= 15 is 0 Å². The molecule has 6 nitrogen and oxygen atoms in total. The van der Waals surface area contributed by atoms with Crippen LogP contribution in [0.2, 0.25) is 0 Å². The second-order valence-electron chi connectivity index (χ2n) is 5.72. The number of rotatable bonds is 3. The minimum absolute atomic E-state index is 0.205. The third kappa shape index (κ3) is 3.08. The second-order valence-corrected chi connectivity index (χ2v) is 6.68. The molecule has 1 aromatic carbocycles. The van der Waals surface area contributed by atoms with E-state index in [9.17, 15) is 9.18 Å². The number of benzene rings is 1. The molecule has 3 aromatic rings. The maximum absolute atomic E-state index is 13.4. The molecule has 0 aliphatic carbocycles. The smallest absolute Gasteiger partial charge is 0.275 e. The van der Waals surface area contributed by atoms with E-state index in [0.717, 1.165) is 31.9 Å². The lowest BCUT2D eigenvalue weighted by Gasteiger charge is -2.26. The van der Waals surface area contributed by atoms with Gasteiger partial charge in [-0.25, -0.2) is 9.37 Å². The van der Waals surface area contributed by atoms with Crippen molar-refractivity contribution in [2.75, 3.05) is 26.2 Å². The van der Waals surface area contributed by atoms with Crippen molar-refractivity contribution in [3.8, 4) is 10.6 Å². The Kier molecular flexibility index (Phi) is 4.09. The predicted molar refractivity (Wildman–Crippen MR) is 90.7 cm³/mol. The summed E-state index contributed by atoms with van der Waals surface area (Å²) in [6.07, 6.45) is 0. The summed E-state index contributed by atoms with van der Waals surface area (Å²) in [5.41, 5.74) is 1.19. The Balaban J connectivity index is 1.69. The van der Waals surface area contributed by atoms with Crippen molar-refractivity contribution >= 4 is 16.3 Å². The maximum Gasteiger partial charge on any atom is 0.275 e. The second kappa shape index (κ2) is 6.39. The molecule has 8 heteroatoms. The van der Waals surface area contributed by atoms with Crippen molar-refractivity contribution in [3.63, 3.8) is 0 Å². The number of nitrogens with zero attached hydrogens (tertiary/aromatic N) is 4. The van der Waals surface area contributed by atoms with Crippen LogP contribution in [0.1, 0.15) is 5.69 Å². The summed E-state index contributed by atoms with van der Waals surface area (Å²) in [6.45, 7) is 4.44. The molecule has 3 heterocycles. The van der Waals surface area contributed by atoms with Gasteiger partial charge in [-0.2, -0.15) is 9.61 Å². The van der Waals surface area contributed by atoms with Crippen LogP contribution in [-0.2, 0) is 6.54 Å². The molecule has 1 aliphatic heterocycles. The van der Waals surface area contributed by atoms with Gasteiger partial charge in [0.25, 0.3) is 5.56 Å². The number of hydrogen-bond donors (Lipinski definition) is 1. The summed E-state index contributed by atoms with van der Waals surface area (Å²) in [6, 6.07) is 7.72. The average molecular weight is 345 g/mol. The molecule has 24 heavy (non-hydrogen) atoms. The predicted octanol–water partition coefficient (Wildman–Crippen LogP) is 1.36. The van der Waals surface area contributed by atoms with Crippen molar-refractivity contribution < 1.29 is 4.39 Å². The highest BCUT2D eigenvalue weighted by atomic mass is 32.1. The van der Waals surface area contributed by atoms with Crippen LogP contribution in [0.15, 0.2) is 35.1 Å². The molecule has 124 valence electrons. The molecule has 2 aromatic heterocycles. The fourth-order valence-electron chi connectivity index (χ4n) is 2.77. The van der Waals surface area contributed by atoms with E-state index in [-0.39, 0.29) is 11.4 Å². The number of hydrogen-bond acceptors (Lipinski definition) is 6. The molecule has 0 saturated carbocycles. The van der Waals surface area contributed by atoms with E-state index < -0.39 is 0 Å². The molecule has 0 bridgehead atoms. The SMILES string of the molecule is O=c1cc(CN2CCNCC2)nc2sc(-c3cccc(F)c3)nn12. The quantitative estimate of drug-likeness (QED) is 0.777. The zero-order valence-electron chi connectivity index (χ0n) is 12.9. The molecule has 4 rings (SSSR count). The van der Waals surface area contributed by atoms with Crippen LogP contribution in [0, 0.1) is 5.82 Å². The Morgan fingerprint density at radius 2 is 2.08 bits per heavy atom. The Morgan fingerprint density at radius 3 is 2.88 bits per heavy atom. The fourth-order valence-corrected chi connectivity index (χ4v) is 3.69. The van der Waals surface area contributed by atoms with Crippen LogP contribution in [0.3, 0.4) is 0 Å². The maximum atomic E-state index is 13.4. The van der Waals surface area contributed by atoms with Gasteiger partial charge >= 0.3 is 0 Å². The molecule has 0 atom stereocenters. The summed E-state index contributed by atoms with van der Waals surface area (Å²) in [5.74, 6) is -0.327. The molecule has 1 fully saturated rings. The number of piperazine rings is 1. The Labute approximate surface area is 141 Å². The Hall–Kier alpha value is -2.16. The third-order valence-electron chi connectivity index (χ3n) is 3.96. The minimum Gasteiger partial charge on any atom is -0.314 e. The van der Waals surface area contributed by atoms with E-state index in [1.165, 1.54) is 34.1 Å². The minimum atomic E-state index is -0.327. The molecular weight excluding hydrogens is 329 g/mol. The lowest BCUT2D eigenvalue weighted by molar-refractivity contribution is 0.231. The number of halogens is 1. The first-order valence-electron chi connectivity index (χ1n) is 7.78. The van der Waals surface area contributed by atoms with Gasteiger partial charge in [0.05, 0.1) is 5.69 Å². The Morgan fingerprint density at radius 1 is 1.25 bits per heavy atom. The van der Waals surface area contributed by atoms with Crippen molar-refractivity contribution in [1.82, 2.24) is 24.8 Å². The van der Waals surface area contributed by atoms with E-state index in [4.69, 9.17) is 0 Å². The van der Waals surface area contributed by atoms with Gasteiger partial charge in [-0.05, 0) is 12.1 Å². The van der Waals surface area contributed by atoms with Crippen molar-refractivity contribution in [1.29, 1.82) is 0 Å². The first-order chi connectivity index (χ1) is 11.7. The molecule has 1 saturated heterocycles. The zero-order valence-corrected chi connectivity index (χ0v) is 13.7. The van der Waals surface area contributed by atoms with Crippen LogP contribution in [-0.4, -0.2) is 45.7 Å². The fraction of sp³-hybridized carbons (Fsp3) is 0.312. The lowest BCUT2D eigenvalue weighted by Crippen LogP contribution is -2.43. The normalized spacial score (nSPS) is 15.9. The van der Waals surface area contributed by atoms with E-state index in [0.29, 0.717) is 22.1 Å². The largest absolute Gasteiger partial charge is 0.314 e. The zero-order chi connectivity index (χ0) is 16.5. The summed E-state index contributed by atoms with van der Waals surface area (Å²) in [4.78, 5) is 19.7. The topological polar surface area (TPSA) is 62.5 Å². The van der Waals surface area contributed by atoms with Crippen LogP contribution in [0.5, 0.6) is 0 Å². The number of nitrogens with one attached hydrogen (secondary N) is 1. The van der Waals surface area contributed by atoms with Gasteiger partial charge in [-0.15, -0.1) is 0 Å². The van der Waals surface area contributed by atoms with Crippen molar-refractivity contribution in [2.24, 2.45) is 0 Å². The van der Waals surface area contributed by atoms with Gasteiger partial charge < -0.3 is 5.32 Å². The highest BCUT2D eigenvalue weighted by Gasteiger charge is 2.14. The Bertz CT molecular complexity index is 932. The highest BCUT2D eigenvalue weighted by molar-refractivity contribution is 7.19. The molecule has 1 N–H and O–H groups in total. The summed E-state index contributed by atoms with van der Waals surface area (Å²) >= 11 is 1.29. The van der Waals surface area contributed by atoms with Crippen LogP contribution in [0.4, 0.5) is 4.39 Å². The van der Waals surface area contributed by atoms with Crippen LogP contribution >= 0.6 is 11.3 Å². The third-order valence-corrected chi connectivity index (χ3v) is 4.92. The first kappa shape index (κ1) is 15.4. The van der Waals surface area contributed by atoms with Gasteiger partial charge in [-0.1, -0.05) is 23.5 Å². The van der Waals surface area contributed by atoms with E-state index in [1.54, 1.807) is 12.1 Å². The average Bonchev–Trinajstić information content (AvgIpc) is 3.00. The molecule has 1 aliphatic rings. The van der Waals surface area contributed by atoms with Gasteiger partial charge in [0.1, 0.15) is 10.8 Å². The van der Waals surface area contributed by atoms with Crippen LogP contribution < -0.4 is 10.9 Å². The van der Waals surface area contributed by atoms with E-state index in [2.05, 4.69) is 20.3 Å². The summed E-state index contributed by atoms with van der Waals surface area (Å²) in [5, 5.41) is 8.16. The van der Waals surface area contributed by atoms with Crippen molar-refractivity contribution in [3.05, 3.63) is 52.2 Å². The summed E-state index contributed by atoms with van der Waals surface area (Å²) in [7, 11) is 0. The van der Waals surface area contributed by atoms with Gasteiger partial charge in [0, 0.05) is 44.4 Å². The van der Waals surface area contributed by atoms with Crippen molar-refractivity contribution in [2.45, 2.75) is 6.54 Å².